The van der Waals surface area contributed by atoms with Gasteiger partial charge in [-0.2, -0.15) is 0 Å². The number of hydrogen-bond acceptors (Lipinski definition) is 2. The standard InChI is InChI=1S/C26H34N2O/c1-20-11-10-12-21(17-20)26(4)19-25(2,3)28(23-14-7-6-13-22(23)26)24(29)18-27-15-8-5-9-16-27/h6-7,10-14,17H,5,8-9,15-16,18-19H2,1-4H3/t26-/m0/s1. The van der Waals surface area contributed by atoms with Crippen LogP contribution < -0.4 is 4.90 Å². The van der Waals surface area contributed by atoms with E-state index in [1.165, 1.54) is 36.0 Å². The van der Waals surface area contributed by atoms with Gasteiger partial charge < -0.3 is 4.90 Å². The topological polar surface area (TPSA) is 23.6 Å². The van der Waals surface area contributed by atoms with Crippen molar-refractivity contribution in [1.82, 2.24) is 4.90 Å². The quantitative estimate of drug-likeness (QED) is 0.710. The zero-order valence-corrected chi connectivity index (χ0v) is 18.4. The van der Waals surface area contributed by atoms with E-state index in [-0.39, 0.29) is 16.9 Å². The van der Waals surface area contributed by atoms with Crippen LogP contribution in [0.2, 0.25) is 0 Å². The first-order valence-corrected chi connectivity index (χ1v) is 11.0. The third kappa shape index (κ3) is 3.73. The average molecular weight is 391 g/mol. The summed E-state index contributed by atoms with van der Waals surface area (Å²) in [4.78, 5) is 18.0. The van der Waals surface area contributed by atoms with Gasteiger partial charge in [-0.05, 0) is 70.3 Å². The molecule has 0 aromatic heterocycles. The first kappa shape index (κ1) is 20.2. The summed E-state index contributed by atoms with van der Waals surface area (Å²) < 4.78 is 0. The Morgan fingerprint density at radius 3 is 2.41 bits per heavy atom. The first-order valence-electron chi connectivity index (χ1n) is 11.0. The average Bonchev–Trinajstić information content (AvgIpc) is 2.68. The molecule has 1 atom stereocenters. The van der Waals surface area contributed by atoms with Crippen molar-refractivity contribution in [3.8, 4) is 0 Å². The lowest BCUT2D eigenvalue weighted by Crippen LogP contribution is -2.58. The number of nitrogens with zero attached hydrogens (tertiary/aromatic N) is 2. The van der Waals surface area contributed by atoms with Crippen molar-refractivity contribution in [2.45, 2.75) is 64.3 Å². The lowest BCUT2D eigenvalue weighted by Gasteiger charge is -2.51. The molecule has 0 radical (unpaired) electrons. The van der Waals surface area contributed by atoms with Crippen LogP contribution in [0, 0.1) is 6.92 Å². The molecule has 3 nitrogen and oxygen atoms in total. The van der Waals surface area contributed by atoms with E-state index in [4.69, 9.17) is 0 Å². The molecule has 2 aliphatic rings. The van der Waals surface area contributed by atoms with Crippen LogP contribution in [0.15, 0.2) is 48.5 Å². The Morgan fingerprint density at radius 1 is 0.966 bits per heavy atom. The summed E-state index contributed by atoms with van der Waals surface area (Å²) in [6.07, 6.45) is 4.61. The van der Waals surface area contributed by atoms with Crippen molar-refractivity contribution < 1.29 is 4.79 Å². The van der Waals surface area contributed by atoms with Crippen LogP contribution in [0.1, 0.15) is 63.1 Å². The van der Waals surface area contributed by atoms with E-state index >= 15 is 0 Å². The van der Waals surface area contributed by atoms with Crippen molar-refractivity contribution in [3.05, 3.63) is 65.2 Å². The Balaban J connectivity index is 1.75. The number of carbonyl (C=O) groups excluding carboxylic acids is 1. The highest BCUT2D eigenvalue weighted by molar-refractivity contribution is 5.98. The van der Waals surface area contributed by atoms with Gasteiger partial charge in [-0.3, -0.25) is 9.69 Å². The monoisotopic (exact) mass is 390 g/mol. The van der Waals surface area contributed by atoms with Crippen molar-refractivity contribution in [3.63, 3.8) is 0 Å². The lowest BCUT2D eigenvalue weighted by atomic mass is 9.65. The van der Waals surface area contributed by atoms with E-state index in [0.717, 1.165) is 25.2 Å². The Morgan fingerprint density at radius 2 is 1.69 bits per heavy atom. The summed E-state index contributed by atoms with van der Waals surface area (Å²) >= 11 is 0. The molecule has 0 N–H and O–H groups in total. The van der Waals surface area contributed by atoms with E-state index in [1.807, 2.05) is 0 Å². The van der Waals surface area contributed by atoms with Crippen LogP contribution in [-0.2, 0) is 10.2 Å². The Hall–Kier alpha value is -2.13. The maximum atomic E-state index is 13.5. The third-order valence-electron chi connectivity index (χ3n) is 6.84. The highest BCUT2D eigenvalue weighted by Gasteiger charge is 2.47. The number of fused-ring (bicyclic) bond motifs is 1. The van der Waals surface area contributed by atoms with Gasteiger partial charge in [0.2, 0.25) is 5.91 Å². The van der Waals surface area contributed by atoms with Gasteiger partial charge >= 0.3 is 0 Å². The van der Waals surface area contributed by atoms with Gasteiger partial charge in [-0.1, -0.05) is 61.4 Å². The van der Waals surface area contributed by atoms with Crippen molar-refractivity contribution in [1.29, 1.82) is 0 Å². The smallest absolute Gasteiger partial charge is 0.241 e. The summed E-state index contributed by atoms with van der Waals surface area (Å²) in [5, 5.41) is 0. The number of carbonyl (C=O) groups is 1. The Labute approximate surface area is 175 Å². The minimum absolute atomic E-state index is 0.117. The van der Waals surface area contributed by atoms with E-state index in [9.17, 15) is 4.79 Å². The van der Waals surface area contributed by atoms with E-state index in [1.54, 1.807) is 0 Å². The molecule has 0 aliphatic carbocycles. The highest BCUT2D eigenvalue weighted by atomic mass is 16.2. The summed E-state index contributed by atoms with van der Waals surface area (Å²) in [7, 11) is 0. The van der Waals surface area contributed by atoms with E-state index < -0.39 is 0 Å². The number of anilines is 1. The molecule has 2 aliphatic heterocycles. The minimum Gasteiger partial charge on any atom is -0.305 e. The molecule has 1 fully saturated rings. The molecule has 154 valence electrons. The molecular formula is C26H34N2O. The fourth-order valence-corrected chi connectivity index (χ4v) is 5.60. The van der Waals surface area contributed by atoms with Crippen LogP contribution in [0.4, 0.5) is 5.69 Å². The van der Waals surface area contributed by atoms with Crippen LogP contribution in [0.5, 0.6) is 0 Å². The van der Waals surface area contributed by atoms with Gasteiger partial charge in [-0.25, -0.2) is 0 Å². The number of rotatable bonds is 3. The lowest BCUT2D eigenvalue weighted by molar-refractivity contribution is -0.121. The van der Waals surface area contributed by atoms with Crippen LogP contribution in [-0.4, -0.2) is 36.0 Å². The van der Waals surface area contributed by atoms with Gasteiger partial charge in [0.25, 0.3) is 0 Å². The molecule has 2 aromatic rings. The molecule has 0 bridgehead atoms. The molecule has 3 heteroatoms. The first-order chi connectivity index (χ1) is 13.8. The molecule has 0 spiro atoms. The predicted octanol–water partition coefficient (Wildman–Crippen LogP) is 5.30. The number of para-hydroxylation sites is 1. The number of likely N-dealkylation sites (tertiary alicyclic amines) is 1. The molecule has 4 rings (SSSR count). The molecule has 29 heavy (non-hydrogen) atoms. The summed E-state index contributed by atoms with van der Waals surface area (Å²) in [5.74, 6) is 0.232. The van der Waals surface area contributed by atoms with Crippen molar-refractivity contribution in [2.24, 2.45) is 0 Å². The van der Waals surface area contributed by atoms with Crippen LogP contribution >= 0.6 is 0 Å². The molecule has 2 heterocycles. The maximum absolute atomic E-state index is 13.5. The van der Waals surface area contributed by atoms with Crippen LogP contribution in [0.3, 0.4) is 0 Å². The second-order valence-corrected chi connectivity index (χ2v) is 9.77. The van der Waals surface area contributed by atoms with E-state index in [0.29, 0.717) is 6.54 Å². The van der Waals surface area contributed by atoms with Gasteiger partial charge in [0, 0.05) is 16.6 Å². The number of hydrogen-bond donors (Lipinski definition) is 0. The molecule has 1 amide bonds. The van der Waals surface area contributed by atoms with Gasteiger partial charge in [0.15, 0.2) is 0 Å². The van der Waals surface area contributed by atoms with Gasteiger partial charge in [0.05, 0.1) is 6.54 Å². The predicted molar refractivity (Wildman–Crippen MR) is 121 cm³/mol. The molecule has 1 saturated heterocycles. The Kier molecular flexibility index (Phi) is 5.29. The largest absolute Gasteiger partial charge is 0.305 e. The summed E-state index contributed by atoms with van der Waals surface area (Å²) in [6, 6.07) is 17.4. The van der Waals surface area contributed by atoms with Crippen molar-refractivity contribution >= 4 is 11.6 Å². The number of aryl methyl sites for hydroxylation is 1. The second kappa shape index (κ2) is 7.60. The zero-order valence-electron chi connectivity index (χ0n) is 18.4. The molecular weight excluding hydrogens is 356 g/mol. The zero-order chi connectivity index (χ0) is 20.6. The number of amides is 1. The van der Waals surface area contributed by atoms with Crippen LogP contribution in [0.25, 0.3) is 0 Å². The second-order valence-electron chi connectivity index (χ2n) is 9.77. The maximum Gasteiger partial charge on any atom is 0.241 e. The molecule has 0 unspecified atom stereocenters. The normalized spacial score (nSPS) is 24.2. The van der Waals surface area contributed by atoms with Gasteiger partial charge in [0.1, 0.15) is 0 Å². The summed E-state index contributed by atoms with van der Waals surface area (Å²) in [5.41, 5.74) is 4.59. The fourth-order valence-electron chi connectivity index (χ4n) is 5.60. The minimum atomic E-state index is -0.250. The SMILES string of the molecule is Cc1cccc([C@]2(C)CC(C)(C)N(C(=O)CN3CCCCC3)c3ccccc32)c1. The summed E-state index contributed by atoms with van der Waals surface area (Å²) in [6.45, 7) is 11.6. The highest BCUT2D eigenvalue weighted by Crippen LogP contribution is 2.50. The number of benzene rings is 2. The van der Waals surface area contributed by atoms with Crippen molar-refractivity contribution in [2.75, 3.05) is 24.5 Å². The third-order valence-corrected chi connectivity index (χ3v) is 6.84. The van der Waals surface area contributed by atoms with Gasteiger partial charge in [-0.15, -0.1) is 0 Å². The fraction of sp³-hybridized carbons (Fsp3) is 0.500. The molecule has 2 aromatic carbocycles. The number of piperidine rings is 1. The molecule has 0 saturated carbocycles. The Bertz CT molecular complexity index is 897. The van der Waals surface area contributed by atoms with E-state index in [2.05, 4.69) is 86.0 Å².